The van der Waals surface area contributed by atoms with Gasteiger partial charge in [0.05, 0.1) is 0 Å². The standard InChI is InChI=1S/C17H18FNO2/c1-11-9-14(18)4-3-13(11)7-8-19-17(21)16-6-5-15(20)10-12(16)2/h3-6,9-10,20H,7-8H2,1-2H3,(H,19,21). The van der Waals surface area contributed by atoms with Crippen LogP contribution in [0.1, 0.15) is 27.0 Å². The summed E-state index contributed by atoms with van der Waals surface area (Å²) in [4.78, 5) is 12.1. The minimum absolute atomic E-state index is 0.144. The third-order valence-electron chi connectivity index (χ3n) is 3.44. The number of aryl methyl sites for hydroxylation is 2. The lowest BCUT2D eigenvalue weighted by atomic mass is 10.1. The summed E-state index contributed by atoms with van der Waals surface area (Å²) < 4.78 is 13.0. The Balaban J connectivity index is 1.95. The fraction of sp³-hybridized carbons (Fsp3) is 0.235. The molecule has 0 saturated carbocycles. The number of carbonyl (C=O) groups excluding carboxylic acids is 1. The lowest BCUT2D eigenvalue weighted by molar-refractivity contribution is 0.0953. The van der Waals surface area contributed by atoms with E-state index < -0.39 is 0 Å². The highest BCUT2D eigenvalue weighted by atomic mass is 19.1. The van der Waals surface area contributed by atoms with Gasteiger partial charge in [0.15, 0.2) is 0 Å². The first kappa shape index (κ1) is 15.0. The van der Waals surface area contributed by atoms with Gasteiger partial charge in [0.25, 0.3) is 5.91 Å². The maximum Gasteiger partial charge on any atom is 0.251 e. The molecule has 0 saturated heterocycles. The smallest absolute Gasteiger partial charge is 0.251 e. The number of rotatable bonds is 4. The SMILES string of the molecule is Cc1cc(F)ccc1CCNC(=O)c1ccc(O)cc1C. The molecule has 110 valence electrons. The van der Waals surface area contributed by atoms with E-state index in [1.165, 1.54) is 18.2 Å². The van der Waals surface area contributed by atoms with Gasteiger partial charge in [0.1, 0.15) is 11.6 Å². The molecule has 0 aliphatic rings. The molecule has 4 heteroatoms. The third kappa shape index (κ3) is 3.81. The molecule has 3 nitrogen and oxygen atoms in total. The van der Waals surface area contributed by atoms with E-state index in [9.17, 15) is 14.3 Å². The van der Waals surface area contributed by atoms with Crippen LogP contribution >= 0.6 is 0 Å². The van der Waals surface area contributed by atoms with Gasteiger partial charge in [0.2, 0.25) is 0 Å². The number of amides is 1. The van der Waals surface area contributed by atoms with Gasteiger partial charge in [-0.3, -0.25) is 4.79 Å². The van der Waals surface area contributed by atoms with Crippen molar-refractivity contribution in [1.82, 2.24) is 5.32 Å². The molecule has 2 aromatic rings. The summed E-state index contributed by atoms with van der Waals surface area (Å²) in [5.41, 5.74) is 3.17. The van der Waals surface area contributed by atoms with Gasteiger partial charge in [-0.2, -0.15) is 0 Å². The van der Waals surface area contributed by atoms with E-state index in [1.807, 2.05) is 6.92 Å². The van der Waals surface area contributed by atoms with Crippen LogP contribution in [-0.2, 0) is 6.42 Å². The molecule has 0 heterocycles. The Morgan fingerprint density at radius 3 is 2.57 bits per heavy atom. The van der Waals surface area contributed by atoms with Gasteiger partial charge in [-0.1, -0.05) is 6.07 Å². The van der Waals surface area contributed by atoms with Crippen LogP contribution in [0.4, 0.5) is 4.39 Å². The summed E-state index contributed by atoms with van der Waals surface area (Å²) in [7, 11) is 0. The van der Waals surface area contributed by atoms with E-state index in [2.05, 4.69) is 5.32 Å². The second-order valence-electron chi connectivity index (χ2n) is 5.08. The zero-order valence-electron chi connectivity index (χ0n) is 12.1. The molecule has 0 fully saturated rings. The minimum Gasteiger partial charge on any atom is -0.508 e. The minimum atomic E-state index is -0.250. The molecule has 0 aliphatic heterocycles. The zero-order chi connectivity index (χ0) is 15.4. The summed E-state index contributed by atoms with van der Waals surface area (Å²) in [5.74, 6) is -0.279. The summed E-state index contributed by atoms with van der Waals surface area (Å²) in [5, 5.41) is 12.2. The first-order valence-electron chi connectivity index (χ1n) is 6.80. The number of benzene rings is 2. The fourth-order valence-corrected chi connectivity index (χ4v) is 2.25. The molecular formula is C17H18FNO2. The van der Waals surface area contributed by atoms with E-state index in [1.54, 1.807) is 25.1 Å². The van der Waals surface area contributed by atoms with Crippen molar-refractivity contribution in [1.29, 1.82) is 0 Å². The lowest BCUT2D eigenvalue weighted by Gasteiger charge is -2.09. The van der Waals surface area contributed by atoms with Gasteiger partial charge in [-0.15, -0.1) is 0 Å². The Morgan fingerprint density at radius 1 is 1.14 bits per heavy atom. The summed E-state index contributed by atoms with van der Waals surface area (Å²) in [6, 6.07) is 9.30. The van der Waals surface area contributed by atoms with Gasteiger partial charge >= 0.3 is 0 Å². The van der Waals surface area contributed by atoms with Crippen LogP contribution in [0, 0.1) is 19.7 Å². The van der Waals surface area contributed by atoms with Crippen LogP contribution in [0.2, 0.25) is 0 Å². The van der Waals surface area contributed by atoms with E-state index in [0.717, 1.165) is 16.7 Å². The normalized spacial score (nSPS) is 10.4. The summed E-state index contributed by atoms with van der Waals surface area (Å²) in [6.45, 7) is 4.11. The van der Waals surface area contributed by atoms with Crippen LogP contribution < -0.4 is 5.32 Å². The van der Waals surface area contributed by atoms with Crippen molar-refractivity contribution < 1.29 is 14.3 Å². The monoisotopic (exact) mass is 287 g/mol. The zero-order valence-corrected chi connectivity index (χ0v) is 12.1. The average Bonchev–Trinajstić information content (AvgIpc) is 2.41. The molecule has 0 radical (unpaired) electrons. The maximum absolute atomic E-state index is 13.0. The lowest BCUT2D eigenvalue weighted by Crippen LogP contribution is -2.26. The first-order chi connectivity index (χ1) is 9.97. The quantitative estimate of drug-likeness (QED) is 0.907. The molecule has 21 heavy (non-hydrogen) atoms. The molecule has 2 rings (SSSR count). The molecular weight excluding hydrogens is 269 g/mol. The number of hydrogen-bond acceptors (Lipinski definition) is 2. The summed E-state index contributed by atoms with van der Waals surface area (Å²) >= 11 is 0. The Labute approximate surface area is 123 Å². The van der Waals surface area contributed by atoms with Crippen LogP contribution in [-0.4, -0.2) is 17.6 Å². The van der Waals surface area contributed by atoms with Crippen LogP contribution in [0.3, 0.4) is 0 Å². The van der Waals surface area contributed by atoms with Gasteiger partial charge in [-0.25, -0.2) is 4.39 Å². The number of halogens is 1. The van der Waals surface area contributed by atoms with Gasteiger partial charge in [0, 0.05) is 12.1 Å². The second-order valence-corrected chi connectivity index (χ2v) is 5.08. The van der Waals surface area contributed by atoms with Crippen LogP contribution in [0.15, 0.2) is 36.4 Å². The first-order valence-corrected chi connectivity index (χ1v) is 6.80. The van der Waals surface area contributed by atoms with E-state index in [0.29, 0.717) is 18.5 Å². The van der Waals surface area contributed by atoms with Crippen molar-refractivity contribution in [2.45, 2.75) is 20.3 Å². The predicted octanol–water partition coefficient (Wildman–Crippen LogP) is 3.12. The van der Waals surface area contributed by atoms with E-state index in [4.69, 9.17) is 0 Å². The highest BCUT2D eigenvalue weighted by Gasteiger charge is 2.09. The van der Waals surface area contributed by atoms with Crippen molar-refractivity contribution >= 4 is 5.91 Å². The van der Waals surface area contributed by atoms with Crippen molar-refractivity contribution in [2.75, 3.05) is 6.54 Å². The van der Waals surface area contributed by atoms with E-state index in [-0.39, 0.29) is 17.5 Å². The van der Waals surface area contributed by atoms with E-state index >= 15 is 0 Å². The highest BCUT2D eigenvalue weighted by Crippen LogP contribution is 2.15. The fourth-order valence-electron chi connectivity index (χ4n) is 2.25. The molecule has 0 aliphatic carbocycles. The number of aromatic hydroxyl groups is 1. The number of carbonyl (C=O) groups is 1. The van der Waals surface area contributed by atoms with Crippen molar-refractivity contribution in [3.05, 3.63) is 64.5 Å². The average molecular weight is 287 g/mol. The summed E-state index contributed by atoms with van der Waals surface area (Å²) in [6.07, 6.45) is 0.648. The third-order valence-corrected chi connectivity index (χ3v) is 3.44. The molecule has 0 spiro atoms. The predicted molar refractivity (Wildman–Crippen MR) is 80.0 cm³/mol. The van der Waals surface area contributed by atoms with Gasteiger partial charge in [-0.05, 0) is 67.3 Å². The highest BCUT2D eigenvalue weighted by molar-refractivity contribution is 5.95. The molecule has 2 N–H and O–H groups in total. The Bertz CT molecular complexity index is 668. The largest absolute Gasteiger partial charge is 0.508 e. The Morgan fingerprint density at radius 2 is 1.90 bits per heavy atom. The second kappa shape index (κ2) is 6.39. The van der Waals surface area contributed by atoms with Crippen LogP contribution in [0.5, 0.6) is 5.75 Å². The number of phenols is 1. The van der Waals surface area contributed by atoms with Crippen LogP contribution in [0.25, 0.3) is 0 Å². The number of nitrogens with one attached hydrogen (secondary N) is 1. The molecule has 0 atom stereocenters. The Kier molecular flexibility index (Phi) is 4.58. The number of phenolic OH excluding ortho intramolecular Hbond substituents is 1. The van der Waals surface area contributed by atoms with Crippen molar-refractivity contribution in [3.63, 3.8) is 0 Å². The maximum atomic E-state index is 13.0. The van der Waals surface area contributed by atoms with Crippen molar-refractivity contribution in [2.24, 2.45) is 0 Å². The molecule has 0 bridgehead atoms. The molecule has 0 aromatic heterocycles. The molecule has 0 unspecified atom stereocenters. The van der Waals surface area contributed by atoms with Crippen molar-refractivity contribution in [3.8, 4) is 5.75 Å². The van der Waals surface area contributed by atoms with Gasteiger partial charge < -0.3 is 10.4 Å². The molecule has 1 amide bonds. The topological polar surface area (TPSA) is 49.3 Å². The molecule has 2 aromatic carbocycles. The Hall–Kier alpha value is -2.36. The number of hydrogen-bond donors (Lipinski definition) is 2.